The van der Waals surface area contributed by atoms with Crippen LogP contribution in [-0.2, 0) is 9.68 Å². The van der Waals surface area contributed by atoms with Gasteiger partial charge >= 0.3 is 5.97 Å². The summed E-state index contributed by atoms with van der Waals surface area (Å²) in [7, 11) is 0. The van der Waals surface area contributed by atoms with Crippen molar-refractivity contribution in [2.24, 2.45) is 0 Å². The van der Waals surface area contributed by atoms with Crippen molar-refractivity contribution in [3.63, 3.8) is 0 Å². The first kappa shape index (κ1) is 30.8. The molecule has 0 N–H and O–H groups in total. The van der Waals surface area contributed by atoms with Crippen molar-refractivity contribution in [1.29, 1.82) is 0 Å². The highest BCUT2D eigenvalue weighted by molar-refractivity contribution is 5.92. The summed E-state index contributed by atoms with van der Waals surface area (Å²) in [6.07, 6.45) is 4.90. The van der Waals surface area contributed by atoms with E-state index < -0.39 is 5.97 Å². The molecule has 0 aliphatic rings. The first-order chi connectivity index (χ1) is 21.9. The summed E-state index contributed by atoms with van der Waals surface area (Å²) < 4.78 is 5.29. The molecule has 0 atom stereocenters. The smallest absolute Gasteiger partial charge is 0.335 e. The fourth-order valence-corrected chi connectivity index (χ4v) is 4.76. The van der Waals surface area contributed by atoms with Crippen molar-refractivity contribution in [3.05, 3.63) is 174 Å². The van der Waals surface area contributed by atoms with Gasteiger partial charge in [-0.25, -0.2) is 4.79 Å². The minimum absolute atomic E-state index is 0.289. The van der Waals surface area contributed by atoms with Crippen LogP contribution in [-0.4, -0.2) is 12.6 Å². The lowest BCUT2D eigenvalue weighted by Gasteiger charge is -2.26. The Labute approximate surface area is 264 Å². The number of rotatable bonds is 12. The maximum Gasteiger partial charge on any atom is 0.335 e. The van der Waals surface area contributed by atoms with E-state index >= 15 is 0 Å². The van der Waals surface area contributed by atoms with Crippen LogP contribution >= 0.6 is 0 Å². The predicted molar refractivity (Wildman–Crippen MR) is 183 cm³/mol. The van der Waals surface area contributed by atoms with Gasteiger partial charge in [0.25, 0.3) is 0 Å². The molecule has 0 aliphatic carbocycles. The number of hydrogen-bond donors (Lipinski definition) is 0. The molecule has 45 heavy (non-hydrogen) atoms. The lowest BCUT2D eigenvalue weighted by atomic mass is 9.95. The molecular formula is C40H35NO4. The maximum absolute atomic E-state index is 11.7. The largest absolute Gasteiger partial charge is 0.423 e. The number of benzene rings is 5. The van der Waals surface area contributed by atoms with Crippen molar-refractivity contribution in [3.8, 4) is 11.5 Å². The second-order valence-corrected chi connectivity index (χ2v) is 10.5. The van der Waals surface area contributed by atoms with E-state index in [4.69, 9.17) is 14.5 Å². The van der Waals surface area contributed by atoms with Gasteiger partial charge in [0.05, 0.1) is 0 Å². The molecule has 0 amide bonds. The first-order valence-corrected chi connectivity index (χ1v) is 14.6. The van der Waals surface area contributed by atoms with Gasteiger partial charge < -0.3 is 14.5 Å². The highest BCUT2D eigenvalue weighted by Crippen LogP contribution is 2.36. The number of hydrogen-bond acceptors (Lipinski definition) is 5. The third-order valence-electron chi connectivity index (χ3n) is 7.10. The normalized spacial score (nSPS) is 11.0. The van der Waals surface area contributed by atoms with Crippen molar-refractivity contribution in [2.45, 2.75) is 13.8 Å². The third kappa shape index (κ3) is 8.05. The van der Waals surface area contributed by atoms with Crippen LogP contribution in [0.15, 0.2) is 147 Å². The van der Waals surface area contributed by atoms with Crippen molar-refractivity contribution in [1.82, 2.24) is 0 Å². The maximum atomic E-state index is 11.7. The van der Waals surface area contributed by atoms with Crippen LogP contribution in [0.2, 0.25) is 0 Å². The number of esters is 1. The average Bonchev–Trinajstić information content (AvgIpc) is 3.07. The molecule has 0 aliphatic heterocycles. The van der Waals surface area contributed by atoms with Gasteiger partial charge in [-0.05, 0) is 103 Å². The molecule has 0 fully saturated rings. The molecule has 5 nitrogen and oxygen atoms in total. The molecule has 5 heteroatoms. The molecular weight excluding hydrogens is 558 g/mol. The summed E-state index contributed by atoms with van der Waals surface area (Å²) in [5.74, 6) is 0.532. The van der Waals surface area contributed by atoms with E-state index in [-0.39, 0.29) is 6.61 Å². The van der Waals surface area contributed by atoms with Crippen LogP contribution in [0.25, 0.3) is 11.6 Å². The number of anilines is 3. The topological polar surface area (TPSA) is 48.0 Å². The summed E-state index contributed by atoms with van der Waals surface area (Å²) in [5, 5.41) is 0. The quantitative estimate of drug-likeness (QED) is 0.0211. The number of aryl methyl sites for hydroxylation is 2. The number of carbonyl (C=O) groups is 1. The SMILES string of the molecule is C=CCOOc1ccc(C(=Cc2ccc(N(c3ccc(C)cc3)c3ccc(C)cc3)cc2)c2ccc(OC(=O)C=C)cc2)cc1. The zero-order valence-electron chi connectivity index (χ0n) is 25.5. The van der Waals surface area contributed by atoms with Gasteiger partial charge in [0.2, 0.25) is 0 Å². The molecule has 0 bridgehead atoms. The third-order valence-corrected chi connectivity index (χ3v) is 7.10. The fraction of sp³-hybridized carbons (Fsp3) is 0.0750. The summed E-state index contributed by atoms with van der Waals surface area (Å²) in [4.78, 5) is 24.4. The number of ether oxygens (including phenoxy) is 1. The highest BCUT2D eigenvalue weighted by Gasteiger charge is 2.13. The Bertz CT molecular complexity index is 1720. The molecule has 5 aromatic rings. The molecule has 5 aromatic carbocycles. The molecule has 0 radical (unpaired) electrons. The number of carbonyl (C=O) groups excluding carboxylic acids is 1. The second-order valence-electron chi connectivity index (χ2n) is 10.5. The zero-order chi connectivity index (χ0) is 31.6. The molecule has 0 aromatic heterocycles. The molecule has 0 heterocycles. The standard InChI is InChI=1S/C40H35NO4/c1-5-27-43-45-38-25-15-33(16-26-38)39(32-13-23-37(24-14-32)44-40(42)6-2)28-31-11-21-36(22-12-31)41(34-17-7-29(3)8-18-34)35-19-9-30(4)10-20-35/h5-26,28H,1-2,27H2,3-4H3. The summed E-state index contributed by atoms with van der Waals surface area (Å²) in [6, 6.07) is 40.7. The summed E-state index contributed by atoms with van der Waals surface area (Å²) >= 11 is 0. The van der Waals surface area contributed by atoms with Gasteiger partial charge in [-0.3, -0.25) is 0 Å². The van der Waals surface area contributed by atoms with Gasteiger partial charge in [-0.2, -0.15) is 4.89 Å². The van der Waals surface area contributed by atoms with Gasteiger partial charge in [-0.1, -0.05) is 84.4 Å². The molecule has 5 rings (SSSR count). The van der Waals surface area contributed by atoms with E-state index in [1.54, 1.807) is 18.2 Å². The van der Waals surface area contributed by atoms with Gasteiger partial charge in [-0.15, -0.1) is 6.58 Å². The molecule has 0 spiro atoms. The predicted octanol–water partition coefficient (Wildman–Crippen LogP) is 9.95. The summed E-state index contributed by atoms with van der Waals surface area (Å²) in [5.41, 5.74) is 9.60. The van der Waals surface area contributed by atoms with Crippen LogP contribution in [0.1, 0.15) is 27.8 Å². The van der Waals surface area contributed by atoms with Crippen molar-refractivity contribution < 1.29 is 19.3 Å². The Morgan fingerprint density at radius 3 is 1.58 bits per heavy atom. The van der Waals surface area contributed by atoms with Crippen LogP contribution in [0, 0.1) is 13.8 Å². The van der Waals surface area contributed by atoms with Gasteiger partial charge in [0.15, 0.2) is 5.75 Å². The zero-order valence-corrected chi connectivity index (χ0v) is 25.5. The Balaban J connectivity index is 1.50. The lowest BCUT2D eigenvalue weighted by molar-refractivity contribution is -0.195. The monoisotopic (exact) mass is 593 g/mol. The minimum atomic E-state index is -0.502. The van der Waals surface area contributed by atoms with Gasteiger partial charge in [0, 0.05) is 23.1 Å². The molecule has 0 saturated carbocycles. The van der Waals surface area contributed by atoms with E-state index in [0.29, 0.717) is 11.5 Å². The van der Waals surface area contributed by atoms with E-state index in [1.807, 2.05) is 36.4 Å². The van der Waals surface area contributed by atoms with Crippen LogP contribution < -0.4 is 14.5 Å². The van der Waals surface area contributed by atoms with E-state index in [2.05, 4.69) is 111 Å². The Morgan fingerprint density at radius 1 is 0.644 bits per heavy atom. The summed E-state index contributed by atoms with van der Waals surface area (Å²) in [6.45, 7) is 11.6. The van der Waals surface area contributed by atoms with Gasteiger partial charge in [0.1, 0.15) is 12.4 Å². The molecule has 224 valence electrons. The Hall–Kier alpha value is -5.65. The van der Waals surface area contributed by atoms with Crippen molar-refractivity contribution >= 4 is 34.7 Å². The second kappa shape index (κ2) is 14.7. The Morgan fingerprint density at radius 2 is 1.11 bits per heavy atom. The molecule has 0 saturated heterocycles. The fourth-order valence-electron chi connectivity index (χ4n) is 4.76. The highest BCUT2D eigenvalue weighted by atomic mass is 17.2. The van der Waals surface area contributed by atoms with E-state index in [0.717, 1.165) is 45.4 Å². The van der Waals surface area contributed by atoms with Crippen LogP contribution in [0.4, 0.5) is 17.1 Å². The first-order valence-electron chi connectivity index (χ1n) is 14.6. The van der Waals surface area contributed by atoms with E-state index in [1.165, 1.54) is 11.1 Å². The van der Waals surface area contributed by atoms with Crippen LogP contribution in [0.5, 0.6) is 11.5 Å². The van der Waals surface area contributed by atoms with Crippen LogP contribution in [0.3, 0.4) is 0 Å². The molecule has 0 unspecified atom stereocenters. The van der Waals surface area contributed by atoms with E-state index in [9.17, 15) is 4.79 Å². The van der Waals surface area contributed by atoms with Crippen molar-refractivity contribution in [2.75, 3.05) is 11.5 Å². The Kier molecular flexibility index (Phi) is 10.1. The lowest BCUT2D eigenvalue weighted by Crippen LogP contribution is -2.09. The minimum Gasteiger partial charge on any atom is -0.423 e. The number of nitrogens with zero attached hydrogens (tertiary/aromatic N) is 1. The average molecular weight is 594 g/mol.